The molecule has 0 aliphatic carbocycles. The summed E-state index contributed by atoms with van der Waals surface area (Å²) >= 11 is 6.36. The number of benzene rings is 3. The van der Waals surface area contributed by atoms with Crippen LogP contribution in [0.5, 0.6) is 5.75 Å². The zero-order chi connectivity index (χ0) is 26.9. The van der Waals surface area contributed by atoms with Gasteiger partial charge in [0.05, 0.1) is 36.1 Å². The van der Waals surface area contributed by atoms with E-state index < -0.39 is 6.04 Å². The lowest BCUT2D eigenvalue weighted by molar-refractivity contribution is 0.405. The van der Waals surface area contributed by atoms with Crippen LogP contribution in [0.2, 0.25) is 5.02 Å². The molecule has 1 unspecified atom stereocenters. The summed E-state index contributed by atoms with van der Waals surface area (Å²) in [4.78, 5) is 22.0. The average Bonchev–Trinajstić information content (AvgIpc) is 3.62. The van der Waals surface area contributed by atoms with Crippen molar-refractivity contribution in [2.75, 3.05) is 12.8 Å². The lowest BCUT2D eigenvalue weighted by Crippen LogP contribution is -2.27. The highest BCUT2D eigenvalue weighted by molar-refractivity contribution is 6.31. The van der Waals surface area contributed by atoms with Crippen LogP contribution in [0.1, 0.15) is 17.4 Å². The van der Waals surface area contributed by atoms with Crippen molar-refractivity contribution in [2.24, 2.45) is 0 Å². The molecule has 0 aliphatic heterocycles. The van der Waals surface area contributed by atoms with E-state index in [0.717, 1.165) is 16.6 Å². The number of methoxy groups -OCH3 is 1. The Bertz CT molecular complexity index is 1830. The minimum absolute atomic E-state index is 0.241. The number of H-pyrrole nitrogens is 1. The van der Waals surface area contributed by atoms with Crippen molar-refractivity contribution in [1.29, 1.82) is 0 Å². The predicted molar refractivity (Wildman–Crippen MR) is 149 cm³/mol. The van der Waals surface area contributed by atoms with E-state index in [1.54, 1.807) is 42.1 Å². The van der Waals surface area contributed by atoms with Crippen LogP contribution in [0.4, 0.5) is 5.69 Å². The Balaban J connectivity index is 1.52. The zero-order valence-electron chi connectivity index (χ0n) is 20.8. The molecule has 3 aromatic carbocycles. The molecule has 1 atom stereocenters. The topological polar surface area (TPSA) is 130 Å². The van der Waals surface area contributed by atoms with Crippen LogP contribution in [0, 0.1) is 0 Å². The van der Waals surface area contributed by atoms with E-state index in [1.165, 1.54) is 17.1 Å². The molecule has 0 bridgehead atoms. The summed E-state index contributed by atoms with van der Waals surface area (Å²) in [6, 6.07) is 21.8. The Morgan fingerprint density at radius 2 is 1.90 bits per heavy atom. The summed E-state index contributed by atoms with van der Waals surface area (Å²) < 4.78 is 8.95. The fourth-order valence-electron chi connectivity index (χ4n) is 4.71. The van der Waals surface area contributed by atoms with Crippen molar-refractivity contribution in [2.45, 2.75) is 12.5 Å². The number of nitrogen functional groups attached to an aromatic ring is 1. The van der Waals surface area contributed by atoms with Crippen LogP contribution < -0.4 is 16.0 Å². The van der Waals surface area contributed by atoms with Gasteiger partial charge in [-0.25, -0.2) is 4.98 Å². The van der Waals surface area contributed by atoms with Crippen molar-refractivity contribution in [1.82, 2.24) is 34.7 Å². The van der Waals surface area contributed by atoms with Gasteiger partial charge in [0.25, 0.3) is 5.56 Å². The van der Waals surface area contributed by atoms with E-state index in [2.05, 4.69) is 20.5 Å². The largest absolute Gasteiger partial charge is 0.495 e. The summed E-state index contributed by atoms with van der Waals surface area (Å²) in [7, 11) is 1.56. The molecule has 0 saturated heterocycles. The van der Waals surface area contributed by atoms with Crippen molar-refractivity contribution >= 4 is 28.3 Å². The third kappa shape index (κ3) is 4.73. The Hall–Kier alpha value is -4.96. The summed E-state index contributed by atoms with van der Waals surface area (Å²) in [5.74, 6) is 1.11. The Morgan fingerprint density at radius 1 is 1.05 bits per heavy atom. The van der Waals surface area contributed by atoms with Crippen molar-refractivity contribution in [3.05, 3.63) is 112 Å². The highest BCUT2D eigenvalue weighted by Crippen LogP contribution is 2.36. The maximum absolute atomic E-state index is 13.8. The van der Waals surface area contributed by atoms with Crippen LogP contribution in [0.15, 0.2) is 90.1 Å². The second kappa shape index (κ2) is 10.1. The standard InChI is InChI=1S/C28H23ClN8O2/c1-39-26-15-36(27(38)14-21(26)20-12-18(29)7-10-24(20)37-16-31-34-35-37)25(11-17-5-3-2-4-6-17)28-32-22-9-8-19(30)13-23(22)33-28/h2-10,12-16,25H,11,30H2,1H3,(H,32,33). The summed E-state index contributed by atoms with van der Waals surface area (Å²) in [5, 5.41) is 12.0. The van der Waals surface area contributed by atoms with E-state index in [-0.39, 0.29) is 5.56 Å². The molecule has 0 aliphatic rings. The molecule has 6 aromatic rings. The highest BCUT2D eigenvalue weighted by Gasteiger charge is 2.23. The van der Waals surface area contributed by atoms with E-state index in [1.807, 2.05) is 42.5 Å². The van der Waals surface area contributed by atoms with Crippen molar-refractivity contribution < 1.29 is 4.74 Å². The minimum Gasteiger partial charge on any atom is -0.495 e. The lowest BCUT2D eigenvalue weighted by Gasteiger charge is -2.21. The van der Waals surface area contributed by atoms with E-state index in [9.17, 15) is 4.79 Å². The number of aromatic nitrogens is 7. The van der Waals surface area contributed by atoms with Crippen LogP contribution in [-0.2, 0) is 6.42 Å². The molecule has 0 saturated carbocycles. The molecule has 10 nitrogen and oxygen atoms in total. The molecule has 6 rings (SSSR count). The van der Waals surface area contributed by atoms with Gasteiger partial charge in [0.1, 0.15) is 17.9 Å². The molecule has 11 heteroatoms. The third-order valence-electron chi connectivity index (χ3n) is 6.56. The summed E-state index contributed by atoms with van der Waals surface area (Å²) in [6.07, 6.45) is 3.70. The number of aromatic amines is 1. The van der Waals surface area contributed by atoms with Gasteiger partial charge in [-0.15, -0.1) is 5.10 Å². The molecule has 0 fully saturated rings. The maximum Gasteiger partial charge on any atom is 0.252 e. The monoisotopic (exact) mass is 538 g/mol. The number of rotatable bonds is 7. The number of anilines is 1. The van der Waals surface area contributed by atoms with Gasteiger partial charge in [0.2, 0.25) is 0 Å². The SMILES string of the molecule is COc1cn(C(Cc2ccccc2)c2nc3ccc(N)cc3[nH]2)c(=O)cc1-c1cc(Cl)ccc1-n1cnnn1. The number of nitrogens with zero attached hydrogens (tertiary/aromatic N) is 6. The first kappa shape index (κ1) is 24.4. The Labute approximate surface area is 227 Å². The molecular weight excluding hydrogens is 516 g/mol. The molecule has 3 heterocycles. The number of ether oxygens (including phenoxy) is 1. The second-order valence-electron chi connectivity index (χ2n) is 9.02. The smallest absolute Gasteiger partial charge is 0.252 e. The van der Waals surface area contributed by atoms with E-state index >= 15 is 0 Å². The van der Waals surface area contributed by atoms with E-state index in [0.29, 0.717) is 45.5 Å². The molecular formula is C28H23ClN8O2. The first-order valence-electron chi connectivity index (χ1n) is 12.1. The van der Waals surface area contributed by atoms with Crippen LogP contribution in [0.25, 0.3) is 27.8 Å². The quantitative estimate of drug-likeness (QED) is 0.287. The molecule has 0 spiro atoms. The van der Waals surface area contributed by atoms with Gasteiger partial charge in [-0.05, 0) is 52.4 Å². The normalized spacial score (nSPS) is 12.1. The fraction of sp³-hybridized carbons (Fsp3) is 0.107. The Kier molecular flexibility index (Phi) is 6.29. The first-order valence-corrected chi connectivity index (χ1v) is 12.5. The van der Waals surface area contributed by atoms with Gasteiger partial charge in [-0.2, -0.15) is 4.68 Å². The van der Waals surface area contributed by atoms with Gasteiger partial charge in [-0.3, -0.25) is 4.79 Å². The van der Waals surface area contributed by atoms with Gasteiger partial charge < -0.3 is 20.0 Å². The average molecular weight is 539 g/mol. The number of imidazole rings is 1. The predicted octanol–water partition coefficient (Wildman–Crippen LogP) is 4.44. The third-order valence-corrected chi connectivity index (χ3v) is 6.79. The number of pyridine rings is 1. The molecule has 39 heavy (non-hydrogen) atoms. The van der Waals surface area contributed by atoms with E-state index in [4.69, 9.17) is 27.1 Å². The molecule has 194 valence electrons. The van der Waals surface area contributed by atoms with Crippen molar-refractivity contribution in [3.8, 4) is 22.6 Å². The number of halogens is 1. The molecule has 0 amide bonds. The second-order valence-corrected chi connectivity index (χ2v) is 9.46. The first-order chi connectivity index (χ1) is 19.0. The molecule has 3 aromatic heterocycles. The maximum atomic E-state index is 13.8. The van der Waals surface area contributed by atoms with Crippen LogP contribution >= 0.6 is 11.6 Å². The Morgan fingerprint density at radius 3 is 2.67 bits per heavy atom. The number of tetrazole rings is 1. The molecule has 3 N–H and O–H groups in total. The number of fused-ring (bicyclic) bond motifs is 1. The lowest BCUT2D eigenvalue weighted by atomic mass is 10.0. The number of hydrogen-bond donors (Lipinski definition) is 2. The van der Waals surface area contributed by atoms with Crippen LogP contribution in [0.3, 0.4) is 0 Å². The van der Waals surface area contributed by atoms with Gasteiger partial charge in [-0.1, -0.05) is 41.9 Å². The van der Waals surface area contributed by atoms with Crippen LogP contribution in [-0.4, -0.2) is 41.9 Å². The number of nitrogens with one attached hydrogen (secondary N) is 1. The fourth-order valence-corrected chi connectivity index (χ4v) is 4.88. The van der Waals surface area contributed by atoms with Gasteiger partial charge in [0.15, 0.2) is 0 Å². The van der Waals surface area contributed by atoms with Gasteiger partial charge >= 0.3 is 0 Å². The van der Waals surface area contributed by atoms with Gasteiger partial charge in [0, 0.05) is 34.3 Å². The number of nitrogens with two attached hydrogens (primary N) is 1. The highest BCUT2D eigenvalue weighted by atomic mass is 35.5. The molecule has 0 radical (unpaired) electrons. The summed E-state index contributed by atoms with van der Waals surface area (Å²) in [6.45, 7) is 0. The number of hydrogen-bond acceptors (Lipinski definition) is 7. The zero-order valence-corrected chi connectivity index (χ0v) is 21.6. The van der Waals surface area contributed by atoms with Crippen molar-refractivity contribution in [3.63, 3.8) is 0 Å². The minimum atomic E-state index is -0.449. The summed E-state index contributed by atoms with van der Waals surface area (Å²) in [5.41, 5.74) is 10.8.